The zero-order chi connectivity index (χ0) is 19.7. The smallest absolute Gasteiger partial charge is 0.152 e. The molecule has 2 aliphatic heterocycles. The normalized spacial score (nSPS) is 21.8. The molecule has 0 spiro atoms. The van der Waals surface area contributed by atoms with Crippen LogP contribution in [0.3, 0.4) is 0 Å². The summed E-state index contributed by atoms with van der Waals surface area (Å²) in [6, 6.07) is 20.5. The number of ether oxygens (including phenoxy) is 3. The van der Waals surface area contributed by atoms with Gasteiger partial charge < -0.3 is 14.2 Å². The van der Waals surface area contributed by atoms with Gasteiger partial charge >= 0.3 is 0 Å². The molecule has 0 radical (unpaired) electrons. The first-order valence-electron chi connectivity index (χ1n) is 10.0. The maximum Gasteiger partial charge on any atom is 0.152 e. The zero-order valence-corrected chi connectivity index (χ0v) is 18.0. The van der Waals surface area contributed by atoms with Crippen molar-refractivity contribution in [3.8, 4) is 0 Å². The number of benzene rings is 2. The molecule has 2 aliphatic rings. The molecule has 4 rings (SSSR count). The number of rotatable bonds is 7. The fourth-order valence-corrected chi connectivity index (χ4v) is 5.67. The number of allylic oxidation sites excluding steroid dienone is 1. The van der Waals surface area contributed by atoms with Crippen molar-refractivity contribution < 1.29 is 14.2 Å². The first-order chi connectivity index (χ1) is 14.4. The van der Waals surface area contributed by atoms with Crippen LogP contribution in [0.2, 0.25) is 0 Å². The lowest BCUT2D eigenvalue weighted by atomic mass is 10.1. The monoisotopic (exact) mass is 426 g/mol. The molecule has 0 N–H and O–H groups in total. The quantitative estimate of drug-likeness (QED) is 0.559. The van der Waals surface area contributed by atoms with E-state index in [0.29, 0.717) is 19.8 Å². The Hall–Kier alpha value is -1.66. The Kier molecular flexibility index (Phi) is 7.77. The molecule has 0 unspecified atom stereocenters. The van der Waals surface area contributed by atoms with E-state index >= 15 is 0 Å². The van der Waals surface area contributed by atoms with Crippen LogP contribution >= 0.6 is 23.5 Å². The lowest BCUT2D eigenvalue weighted by Crippen LogP contribution is -2.36. The molecule has 0 saturated carbocycles. The van der Waals surface area contributed by atoms with Crippen LogP contribution in [0.25, 0.3) is 0 Å². The highest BCUT2D eigenvalue weighted by Gasteiger charge is 2.28. The summed E-state index contributed by atoms with van der Waals surface area (Å²) in [6.45, 7) is 1.62. The molecule has 2 heterocycles. The van der Waals surface area contributed by atoms with Crippen molar-refractivity contribution in [1.82, 2.24) is 0 Å². The molecule has 0 bridgehead atoms. The molecule has 29 heavy (non-hydrogen) atoms. The summed E-state index contributed by atoms with van der Waals surface area (Å²) in [6.07, 6.45) is 5.17. The molecule has 0 amide bonds. The highest BCUT2D eigenvalue weighted by Crippen LogP contribution is 2.39. The van der Waals surface area contributed by atoms with E-state index in [1.54, 1.807) is 0 Å². The SMILES string of the molecule is C1=C[C@H](OCc2ccccc2)[C@@H](COCc2ccccc2)OC1=C1SCCCS1. The maximum absolute atomic E-state index is 6.37. The van der Waals surface area contributed by atoms with E-state index in [1.807, 2.05) is 59.9 Å². The molecular weight excluding hydrogens is 400 g/mol. The van der Waals surface area contributed by atoms with Crippen LogP contribution < -0.4 is 0 Å². The largest absolute Gasteiger partial charge is 0.483 e. The molecule has 3 nitrogen and oxygen atoms in total. The highest BCUT2D eigenvalue weighted by atomic mass is 32.2. The molecular formula is C24H26O3S2. The van der Waals surface area contributed by atoms with Crippen LogP contribution in [0.1, 0.15) is 17.5 Å². The summed E-state index contributed by atoms with van der Waals surface area (Å²) in [7, 11) is 0. The highest BCUT2D eigenvalue weighted by molar-refractivity contribution is 8.22. The molecule has 1 saturated heterocycles. The average molecular weight is 427 g/mol. The zero-order valence-electron chi connectivity index (χ0n) is 16.4. The number of hydrogen-bond acceptors (Lipinski definition) is 5. The lowest BCUT2D eigenvalue weighted by Gasteiger charge is -2.31. The fraction of sp³-hybridized carbons (Fsp3) is 0.333. The van der Waals surface area contributed by atoms with Gasteiger partial charge in [0, 0.05) is 0 Å². The van der Waals surface area contributed by atoms with Gasteiger partial charge in [-0.3, -0.25) is 0 Å². The van der Waals surface area contributed by atoms with E-state index in [0.717, 1.165) is 28.4 Å². The van der Waals surface area contributed by atoms with Crippen molar-refractivity contribution in [3.63, 3.8) is 0 Å². The fourth-order valence-electron chi connectivity index (χ4n) is 3.19. The predicted octanol–water partition coefficient (Wildman–Crippen LogP) is 5.78. The third-order valence-electron chi connectivity index (χ3n) is 4.72. The van der Waals surface area contributed by atoms with Gasteiger partial charge in [-0.25, -0.2) is 0 Å². The second kappa shape index (κ2) is 10.9. The Balaban J connectivity index is 1.41. The van der Waals surface area contributed by atoms with E-state index in [1.165, 1.54) is 10.7 Å². The minimum Gasteiger partial charge on any atom is -0.483 e. The third-order valence-corrected chi connectivity index (χ3v) is 7.34. The van der Waals surface area contributed by atoms with Crippen LogP contribution in [-0.2, 0) is 27.4 Å². The van der Waals surface area contributed by atoms with Crippen molar-refractivity contribution >= 4 is 23.5 Å². The lowest BCUT2D eigenvalue weighted by molar-refractivity contribution is -0.0763. The van der Waals surface area contributed by atoms with Crippen LogP contribution in [0, 0.1) is 0 Å². The Morgan fingerprint density at radius 1 is 0.862 bits per heavy atom. The van der Waals surface area contributed by atoms with Crippen LogP contribution in [0.5, 0.6) is 0 Å². The number of hydrogen-bond donors (Lipinski definition) is 0. The summed E-state index contributed by atoms with van der Waals surface area (Å²) in [5.74, 6) is 3.28. The standard InChI is InChI=1S/C24H26O3S2/c1-3-8-19(9-4-1)16-25-18-23-21(26-17-20-10-5-2-6-11-20)12-13-22(27-23)24-28-14-7-15-29-24/h1-6,8-13,21,23H,7,14-18H2/t21-,23+/m0/s1. The third kappa shape index (κ3) is 6.16. The minimum absolute atomic E-state index is 0.131. The minimum atomic E-state index is -0.155. The van der Waals surface area contributed by atoms with Crippen LogP contribution in [0.15, 0.2) is 82.8 Å². The molecule has 1 fully saturated rings. The molecule has 0 aromatic heterocycles. The van der Waals surface area contributed by atoms with Gasteiger partial charge in [-0.2, -0.15) is 0 Å². The van der Waals surface area contributed by atoms with Crippen LogP contribution in [-0.4, -0.2) is 30.3 Å². The van der Waals surface area contributed by atoms with Gasteiger partial charge in [0.15, 0.2) is 6.10 Å². The Morgan fingerprint density at radius 3 is 2.21 bits per heavy atom. The van der Waals surface area contributed by atoms with Gasteiger partial charge in [-0.1, -0.05) is 60.7 Å². The van der Waals surface area contributed by atoms with Gasteiger partial charge in [0.25, 0.3) is 0 Å². The first-order valence-corrected chi connectivity index (χ1v) is 12.0. The van der Waals surface area contributed by atoms with Crippen molar-refractivity contribution in [1.29, 1.82) is 0 Å². The Morgan fingerprint density at radius 2 is 1.52 bits per heavy atom. The van der Waals surface area contributed by atoms with E-state index in [9.17, 15) is 0 Å². The van der Waals surface area contributed by atoms with E-state index in [2.05, 4.69) is 36.4 Å². The number of thioether (sulfide) groups is 2. The van der Waals surface area contributed by atoms with Gasteiger partial charge in [0.2, 0.25) is 0 Å². The second-order valence-corrected chi connectivity index (χ2v) is 9.45. The topological polar surface area (TPSA) is 27.7 Å². The Bertz CT molecular complexity index is 813. The molecule has 2 atom stereocenters. The van der Waals surface area contributed by atoms with E-state index < -0.39 is 0 Å². The summed E-state index contributed by atoms with van der Waals surface area (Å²) in [4.78, 5) is 0. The molecule has 0 aliphatic carbocycles. The molecule has 2 aromatic rings. The average Bonchev–Trinajstić information content (AvgIpc) is 2.80. The first kappa shape index (κ1) is 20.6. The molecule has 2 aromatic carbocycles. The molecule has 152 valence electrons. The van der Waals surface area contributed by atoms with Gasteiger partial charge in [-0.15, -0.1) is 23.5 Å². The van der Waals surface area contributed by atoms with Gasteiger partial charge in [-0.05, 0) is 41.2 Å². The Labute approximate surface area is 181 Å². The second-order valence-electron chi connectivity index (χ2n) is 6.98. The van der Waals surface area contributed by atoms with Crippen molar-refractivity contribution in [3.05, 3.63) is 93.9 Å². The van der Waals surface area contributed by atoms with Crippen molar-refractivity contribution in [2.75, 3.05) is 18.1 Å². The summed E-state index contributed by atoms with van der Waals surface area (Å²) in [5, 5.41) is 0. The van der Waals surface area contributed by atoms with Crippen LogP contribution in [0.4, 0.5) is 0 Å². The van der Waals surface area contributed by atoms with Crippen molar-refractivity contribution in [2.24, 2.45) is 0 Å². The van der Waals surface area contributed by atoms with E-state index in [-0.39, 0.29) is 12.2 Å². The van der Waals surface area contributed by atoms with E-state index in [4.69, 9.17) is 14.2 Å². The van der Waals surface area contributed by atoms with Gasteiger partial charge in [0.05, 0.1) is 24.1 Å². The van der Waals surface area contributed by atoms with Gasteiger partial charge in [0.1, 0.15) is 11.9 Å². The summed E-state index contributed by atoms with van der Waals surface area (Å²) < 4.78 is 19.8. The molecule has 5 heteroatoms. The summed E-state index contributed by atoms with van der Waals surface area (Å²) >= 11 is 3.78. The maximum atomic E-state index is 6.37. The van der Waals surface area contributed by atoms with Crippen molar-refractivity contribution in [2.45, 2.75) is 31.8 Å². The predicted molar refractivity (Wildman–Crippen MR) is 122 cm³/mol. The summed E-state index contributed by atoms with van der Waals surface area (Å²) in [5.41, 5.74) is 2.32.